The second-order valence-electron chi connectivity index (χ2n) is 2.94. The molecule has 0 spiro atoms. The van der Waals surface area contributed by atoms with Gasteiger partial charge in [0.1, 0.15) is 18.1 Å². The zero-order valence-corrected chi connectivity index (χ0v) is 9.16. The molecule has 0 aliphatic carbocycles. The first-order chi connectivity index (χ1) is 7.22. The van der Waals surface area contributed by atoms with E-state index in [0.29, 0.717) is 21.5 Å². The molecule has 2 rings (SSSR count). The summed E-state index contributed by atoms with van der Waals surface area (Å²) in [6, 6.07) is 6.22. The first-order valence-corrected chi connectivity index (χ1v) is 5.02. The Hall–Kier alpha value is -1.20. The first-order valence-electron chi connectivity index (χ1n) is 4.23. The highest BCUT2D eigenvalue weighted by Gasteiger charge is 2.11. The number of halogens is 2. The molecule has 3 nitrogen and oxygen atoms in total. The van der Waals surface area contributed by atoms with Crippen LogP contribution >= 0.6 is 15.9 Å². The highest BCUT2D eigenvalue weighted by atomic mass is 79.9. The van der Waals surface area contributed by atoms with Gasteiger partial charge in [-0.1, -0.05) is 17.3 Å². The number of aliphatic hydroxyl groups is 1. The summed E-state index contributed by atoms with van der Waals surface area (Å²) in [4.78, 5) is 0. The monoisotopic (exact) mass is 271 g/mol. The standard InChI is InChI=1S/C10H7BrFNO2/c11-10-7(2-1-3-8(10)12)9-4-6(5-14)15-13-9/h1-4,14H,5H2. The van der Waals surface area contributed by atoms with Gasteiger partial charge in [-0.25, -0.2) is 4.39 Å². The lowest BCUT2D eigenvalue weighted by Gasteiger charge is -1.99. The molecule has 5 heteroatoms. The van der Waals surface area contributed by atoms with Crippen LogP contribution in [0.25, 0.3) is 11.3 Å². The van der Waals surface area contributed by atoms with Crippen molar-refractivity contribution in [2.75, 3.05) is 0 Å². The third-order valence-corrected chi connectivity index (χ3v) is 2.75. The van der Waals surface area contributed by atoms with Gasteiger partial charge in [-0.2, -0.15) is 0 Å². The van der Waals surface area contributed by atoms with Crippen molar-refractivity contribution in [1.29, 1.82) is 0 Å². The lowest BCUT2D eigenvalue weighted by molar-refractivity contribution is 0.229. The first kappa shape index (κ1) is 10.3. The minimum absolute atomic E-state index is 0.222. The molecule has 1 N–H and O–H groups in total. The summed E-state index contributed by atoms with van der Waals surface area (Å²) in [5, 5.41) is 12.5. The van der Waals surface area contributed by atoms with Crippen LogP contribution in [-0.4, -0.2) is 10.3 Å². The zero-order chi connectivity index (χ0) is 10.8. The Morgan fingerprint density at radius 1 is 1.47 bits per heavy atom. The van der Waals surface area contributed by atoms with Crippen LogP contribution in [0.4, 0.5) is 4.39 Å². The molecule has 0 amide bonds. The Kier molecular flexibility index (Phi) is 2.83. The molecule has 0 bridgehead atoms. The predicted molar refractivity (Wildman–Crippen MR) is 55.5 cm³/mol. The van der Waals surface area contributed by atoms with Crippen molar-refractivity contribution in [2.45, 2.75) is 6.61 Å². The number of aromatic nitrogens is 1. The van der Waals surface area contributed by atoms with Gasteiger partial charge in [0.2, 0.25) is 0 Å². The van der Waals surface area contributed by atoms with Crippen LogP contribution in [0, 0.1) is 5.82 Å². The molecule has 2 aromatic rings. The molecule has 78 valence electrons. The molecule has 1 aromatic carbocycles. The minimum Gasteiger partial charge on any atom is -0.388 e. The van der Waals surface area contributed by atoms with Gasteiger partial charge in [0, 0.05) is 11.6 Å². The Morgan fingerprint density at radius 2 is 2.27 bits per heavy atom. The second kappa shape index (κ2) is 4.12. The van der Waals surface area contributed by atoms with E-state index in [2.05, 4.69) is 21.1 Å². The van der Waals surface area contributed by atoms with E-state index in [-0.39, 0.29) is 12.4 Å². The molecule has 0 fully saturated rings. The molecule has 0 aliphatic heterocycles. The van der Waals surface area contributed by atoms with Crippen LogP contribution in [0.1, 0.15) is 5.76 Å². The number of nitrogens with zero attached hydrogens (tertiary/aromatic N) is 1. The van der Waals surface area contributed by atoms with Gasteiger partial charge in [-0.3, -0.25) is 0 Å². The van der Waals surface area contributed by atoms with E-state index in [1.54, 1.807) is 18.2 Å². The average Bonchev–Trinajstić information content (AvgIpc) is 2.70. The third-order valence-electron chi connectivity index (χ3n) is 1.94. The smallest absolute Gasteiger partial charge is 0.162 e. The van der Waals surface area contributed by atoms with E-state index < -0.39 is 0 Å². The van der Waals surface area contributed by atoms with Crippen LogP contribution in [0.15, 0.2) is 33.3 Å². The summed E-state index contributed by atoms with van der Waals surface area (Å²) in [6.07, 6.45) is 0. The van der Waals surface area contributed by atoms with E-state index in [1.165, 1.54) is 6.07 Å². The summed E-state index contributed by atoms with van der Waals surface area (Å²) in [5.41, 5.74) is 1.09. The van der Waals surface area contributed by atoms with E-state index in [1.807, 2.05) is 0 Å². The average molecular weight is 272 g/mol. The van der Waals surface area contributed by atoms with E-state index in [4.69, 9.17) is 9.63 Å². The quantitative estimate of drug-likeness (QED) is 0.914. The van der Waals surface area contributed by atoms with Crippen LogP contribution in [0.2, 0.25) is 0 Å². The van der Waals surface area contributed by atoms with E-state index in [9.17, 15) is 4.39 Å². The zero-order valence-electron chi connectivity index (χ0n) is 7.58. The van der Waals surface area contributed by atoms with Gasteiger partial charge in [0.15, 0.2) is 5.76 Å². The molecule has 1 heterocycles. The van der Waals surface area contributed by atoms with Crippen molar-refractivity contribution in [3.63, 3.8) is 0 Å². The summed E-state index contributed by atoms with van der Waals surface area (Å²) in [6.45, 7) is -0.222. The fourth-order valence-corrected chi connectivity index (χ4v) is 1.68. The van der Waals surface area contributed by atoms with Crippen molar-refractivity contribution < 1.29 is 14.0 Å². The molecule has 1 aromatic heterocycles. The molecule has 0 radical (unpaired) electrons. The minimum atomic E-state index is -0.360. The van der Waals surface area contributed by atoms with Crippen LogP contribution in [-0.2, 0) is 6.61 Å². The number of rotatable bonds is 2. The van der Waals surface area contributed by atoms with Gasteiger partial charge in [0.25, 0.3) is 0 Å². The topological polar surface area (TPSA) is 46.3 Å². The third kappa shape index (κ3) is 1.93. The number of benzene rings is 1. The number of hydrogen-bond acceptors (Lipinski definition) is 3. The molecular formula is C10H7BrFNO2. The fourth-order valence-electron chi connectivity index (χ4n) is 1.22. The van der Waals surface area contributed by atoms with Gasteiger partial charge >= 0.3 is 0 Å². The summed E-state index contributed by atoms with van der Waals surface area (Å²) < 4.78 is 18.4. The van der Waals surface area contributed by atoms with E-state index in [0.717, 1.165) is 0 Å². The number of hydrogen-bond donors (Lipinski definition) is 1. The maximum absolute atomic E-state index is 13.2. The molecule has 0 aliphatic rings. The lowest BCUT2D eigenvalue weighted by Crippen LogP contribution is -1.83. The molecule has 0 saturated heterocycles. The van der Waals surface area contributed by atoms with Crippen molar-refractivity contribution in [3.8, 4) is 11.3 Å². The largest absolute Gasteiger partial charge is 0.388 e. The maximum atomic E-state index is 13.2. The Morgan fingerprint density at radius 3 is 2.93 bits per heavy atom. The highest BCUT2D eigenvalue weighted by molar-refractivity contribution is 9.10. The SMILES string of the molecule is OCc1cc(-c2cccc(F)c2Br)no1. The fraction of sp³-hybridized carbons (Fsp3) is 0.100. The van der Waals surface area contributed by atoms with Crippen LogP contribution in [0.5, 0.6) is 0 Å². The number of aliphatic hydroxyl groups excluding tert-OH is 1. The predicted octanol–water partition coefficient (Wildman–Crippen LogP) is 2.74. The van der Waals surface area contributed by atoms with Crippen molar-refractivity contribution in [2.24, 2.45) is 0 Å². The van der Waals surface area contributed by atoms with Gasteiger partial charge in [-0.05, 0) is 22.0 Å². The van der Waals surface area contributed by atoms with Crippen molar-refractivity contribution in [1.82, 2.24) is 5.16 Å². The van der Waals surface area contributed by atoms with Gasteiger partial charge < -0.3 is 9.63 Å². The molecule has 0 unspecified atom stereocenters. The summed E-state index contributed by atoms with van der Waals surface area (Å²) in [5.74, 6) is -0.0118. The van der Waals surface area contributed by atoms with Crippen molar-refractivity contribution >= 4 is 15.9 Å². The van der Waals surface area contributed by atoms with E-state index >= 15 is 0 Å². The molecule has 0 saturated carbocycles. The highest BCUT2D eigenvalue weighted by Crippen LogP contribution is 2.29. The van der Waals surface area contributed by atoms with Gasteiger partial charge in [-0.15, -0.1) is 0 Å². The normalized spacial score (nSPS) is 10.6. The van der Waals surface area contributed by atoms with Gasteiger partial charge in [0.05, 0.1) is 4.47 Å². The molecule has 0 atom stereocenters. The van der Waals surface area contributed by atoms with Crippen LogP contribution in [0.3, 0.4) is 0 Å². The summed E-state index contributed by atoms with van der Waals surface area (Å²) in [7, 11) is 0. The Bertz CT molecular complexity index is 484. The molecular weight excluding hydrogens is 265 g/mol. The van der Waals surface area contributed by atoms with Crippen molar-refractivity contribution in [3.05, 3.63) is 40.3 Å². The summed E-state index contributed by atoms with van der Waals surface area (Å²) >= 11 is 3.13. The van der Waals surface area contributed by atoms with Crippen LogP contribution < -0.4 is 0 Å². The molecule has 15 heavy (non-hydrogen) atoms. The maximum Gasteiger partial charge on any atom is 0.162 e. The Labute approximate surface area is 93.6 Å². The Balaban J connectivity index is 2.49. The lowest BCUT2D eigenvalue weighted by atomic mass is 10.1. The second-order valence-corrected chi connectivity index (χ2v) is 3.73.